The number of pyridine rings is 1. The molecule has 3 aromatic heterocycles. The Kier molecular flexibility index (Phi) is 9.48. The van der Waals surface area contributed by atoms with Crippen molar-refractivity contribution in [3.63, 3.8) is 0 Å². The predicted molar refractivity (Wildman–Crippen MR) is 168 cm³/mol. The third kappa shape index (κ3) is 7.31. The Morgan fingerprint density at radius 3 is 2.31 bits per heavy atom. The zero-order chi connectivity index (χ0) is 32.2. The Balaban J connectivity index is 1.60. The number of nitrogens with two attached hydrogens (primary N) is 1. The lowest BCUT2D eigenvalue weighted by molar-refractivity contribution is 0.0953. The van der Waals surface area contributed by atoms with E-state index in [0.29, 0.717) is 51.4 Å². The highest BCUT2D eigenvalue weighted by Crippen LogP contribution is 2.42. The van der Waals surface area contributed by atoms with Gasteiger partial charge in [-0.05, 0) is 72.7 Å². The summed E-state index contributed by atoms with van der Waals surface area (Å²) in [5, 5.41) is 7.10. The number of nitrogens with zero attached hydrogens (tertiary/aromatic N) is 3. The quantitative estimate of drug-likeness (QED) is 0.171. The molecule has 7 nitrogen and oxygen atoms in total. The van der Waals surface area contributed by atoms with E-state index in [1.54, 1.807) is 42.2 Å². The molecule has 0 fully saturated rings. The highest BCUT2D eigenvalue weighted by atomic mass is 32.1. The van der Waals surface area contributed by atoms with Crippen molar-refractivity contribution in [2.75, 3.05) is 0 Å². The average molecular weight is 632 g/mol. The summed E-state index contributed by atoms with van der Waals surface area (Å²) in [5.74, 6) is -3.16. The van der Waals surface area contributed by atoms with E-state index in [2.05, 4.69) is 10.4 Å². The number of hydrogen-bond acceptors (Lipinski definition) is 5. The lowest BCUT2D eigenvalue weighted by Gasteiger charge is -2.20. The van der Waals surface area contributed by atoms with E-state index < -0.39 is 23.4 Å². The third-order valence-electron chi connectivity index (χ3n) is 7.27. The molecule has 45 heavy (non-hydrogen) atoms. The maximum absolute atomic E-state index is 13.7. The van der Waals surface area contributed by atoms with Crippen LogP contribution in [0.1, 0.15) is 56.4 Å². The number of halogens is 3. The fourth-order valence-electron chi connectivity index (χ4n) is 5.20. The van der Waals surface area contributed by atoms with Crippen molar-refractivity contribution in [1.29, 1.82) is 0 Å². The Morgan fingerprint density at radius 1 is 0.933 bits per heavy atom. The number of carbonyl (C=O) groups is 2. The SMILES string of the molecule is CC(C)Cc1nc(CCc2ccc(F)cc2)c(-c2cnn(C)c2)c(-c2ccc(C(=O)NCc3ccc(F)c(F)c3)s2)c1C(N)=O. The van der Waals surface area contributed by atoms with Crippen LogP contribution in [0.15, 0.2) is 67.0 Å². The van der Waals surface area contributed by atoms with Crippen molar-refractivity contribution in [2.45, 2.75) is 39.7 Å². The van der Waals surface area contributed by atoms with E-state index in [-0.39, 0.29) is 23.8 Å². The standard InChI is InChI=1S/C34H32F3N5O2S/c1-19(2)14-27-31(33(38)43)32(28-12-13-29(45-28)34(44)39-16-21-6-10-24(36)25(37)15-21)30(22-17-40-42(3)18-22)26(41-27)11-7-20-4-8-23(35)9-5-20/h4-6,8-10,12-13,15,17-19H,7,11,14,16H2,1-3H3,(H2,38,43)(H,39,44). The molecule has 0 spiro atoms. The molecular weight excluding hydrogens is 599 g/mol. The van der Waals surface area contributed by atoms with E-state index in [1.165, 1.54) is 29.5 Å². The monoisotopic (exact) mass is 631 g/mol. The lowest BCUT2D eigenvalue weighted by Crippen LogP contribution is -2.21. The molecule has 2 amide bonds. The van der Waals surface area contributed by atoms with Crippen molar-refractivity contribution in [1.82, 2.24) is 20.1 Å². The Hall–Kier alpha value is -4.77. The summed E-state index contributed by atoms with van der Waals surface area (Å²) in [5.41, 5.74) is 10.9. The van der Waals surface area contributed by atoms with Crippen molar-refractivity contribution in [3.05, 3.63) is 117 Å². The molecule has 0 saturated carbocycles. The minimum absolute atomic E-state index is 0.00192. The van der Waals surface area contributed by atoms with Crippen molar-refractivity contribution in [3.8, 4) is 21.6 Å². The summed E-state index contributed by atoms with van der Waals surface area (Å²) < 4.78 is 42.2. The van der Waals surface area contributed by atoms with Gasteiger partial charge in [0.25, 0.3) is 11.8 Å². The average Bonchev–Trinajstić information content (AvgIpc) is 3.66. The number of thiophene rings is 1. The smallest absolute Gasteiger partial charge is 0.261 e. The molecule has 0 aliphatic rings. The number of rotatable bonds is 11. The zero-order valence-corrected chi connectivity index (χ0v) is 25.9. The molecule has 232 valence electrons. The fourth-order valence-corrected chi connectivity index (χ4v) is 6.18. The molecule has 5 rings (SSSR count). The molecule has 0 aliphatic carbocycles. The van der Waals surface area contributed by atoms with Gasteiger partial charge in [0.15, 0.2) is 11.6 Å². The number of aromatic nitrogens is 3. The summed E-state index contributed by atoms with van der Waals surface area (Å²) in [7, 11) is 1.79. The van der Waals surface area contributed by atoms with Gasteiger partial charge in [0, 0.05) is 47.1 Å². The van der Waals surface area contributed by atoms with Crippen LogP contribution in [0, 0.1) is 23.4 Å². The van der Waals surface area contributed by atoms with Gasteiger partial charge in [0.1, 0.15) is 5.82 Å². The van der Waals surface area contributed by atoms with Crippen LogP contribution < -0.4 is 11.1 Å². The second-order valence-electron chi connectivity index (χ2n) is 11.2. The number of carbonyl (C=O) groups excluding carboxylic acids is 2. The first-order chi connectivity index (χ1) is 21.5. The largest absolute Gasteiger partial charge is 0.366 e. The first-order valence-corrected chi connectivity index (χ1v) is 15.2. The second-order valence-corrected chi connectivity index (χ2v) is 12.3. The Labute approximate surface area is 262 Å². The normalized spacial score (nSPS) is 11.3. The predicted octanol–water partition coefficient (Wildman–Crippen LogP) is 6.64. The van der Waals surface area contributed by atoms with Crippen LogP contribution in [-0.4, -0.2) is 26.6 Å². The first kappa shape index (κ1) is 31.6. The topological polar surface area (TPSA) is 103 Å². The number of benzene rings is 2. The van der Waals surface area contributed by atoms with Crippen LogP contribution in [0.2, 0.25) is 0 Å². The summed E-state index contributed by atoms with van der Waals surface area (Å²) in [6.07, 6.45) is 5.07. The van der Waals surface area contributed by atoms with Gasteiger partial charge in [0.2, 0.25) is 0 Å². The van der Waals surface area contributed by atoms with Crippen LogP contribution in [-0.2, 0) is 32.9 Å². The molecule has 11 heteroatoms. The summed E-state index contributed by atoms with van der Waals surface area (Å²) in [6.45, 7) is 4.05. The second kappa shape index (κ2) is 13.5. The summed E-state index contributed by atoms with van der Waals surface area (Å²) in [4.78, 5) is 32.3. The molecule has 5 aromatic rings. The van der Waals surface area contributed by atoms with Crippen molar-refractivity contribution >= 4 is 23.2 Å². The van der Waals surface area contributed by atoms with E-state index in [4.69, 9.17) is 10.7 Å². The first-order valence-electron chi connectivity index (χ1n) is 14.4. The maximum Gasteiger partial charge on any atom is 0.261 e. The highest BCUT2D eigenvalue weighted by Gasteiger charge is 2.27. The van der Waals surface area contributed by atoms with E-state index in [0.717, 1.165) is 29.0 Å². The van der Waals surface area contributed by atoms with Gasteiger partial charge >= 0.3 is 0 Å². The molecule has 0 unspecified atom stereocenters. The molecular formula is C34H32F3N5O2S. The Morgan fingerprint density at radius 2 is 1.67 bits per heavy atom. The minimum atomic E-state index is -0.993. The maximum atomic E-state index is 13.7. The molecule has 3 heterocycles. The molecule has 3 N–H and O–H groups in total. The van der Waals surface area contributed by atoms with Gasteiger partial charge in [-0.25, -0.2) is 13.2 Å². The molecule has 0 atom stereocenters. The van der Waals surface area contributed by atoms with Gasteiger partial charge in [0.05, 0.1) is 22.3 Å². The van der Waals surface area contributed by atoms with E-state index >= 15 is 0 Å². The summed E-state index contributed by atoms with van der Waals surface area (Å²) in [6, 6.07) is 13.2. The lowest BCUT2D eigenvalue weighted by atomic mass is 9.89. The molecule has 0 radical (unpaired) electrons. The van der Waals surface area contributed by atoms with Gasteiger partial charge < -0.3 is 11.1 Å². The molecule has 2 aromatic carbocycles. The van der Waals surface area contributed by atoms with E-state index in [1.807, 2.05) is 20.0 Å². The van der Waals surface area contributed by atoms with Gasteiger partial charge in [-0.15, -0.1) is 11.3 Å². The number of amides is 2. The fraction of sp³-hybridized carbons (Fsp3) is 0.235. The van der Waals surface area contributed by atoms with Crippen LogP contribution in [0.3, 0.4) is 0 Å². The number of hydrogen-bond donors (Lipinski definition) is 2. The van der Waals surface area contributed by atoms with E-state index in [9.17, 15) is 22.8 Å². The van der Waals surface area contributed by atoms with Crippen LogP contribution >= 0.6 is 11.3 Å². The van der Waals surface area contributed by atoms with Crippen LogP contribution in [0.5, 0.6) is 0 Å². The Bertz CT molecular complexity index is 1860. The van der Waals surface area contributed by atoms with Crippen molar-refractivity contribution < 1.29 is 22.8 Å². The van der Waals surface area contributed by atoms with Gasteiger partial charge in [-0.2, -0.15) is 5.10 Å². The van der Waals surface area contributed by atoms with Crippen LogP contribution in [0.25, 0.3) is 21.6 Å². The van der Waals surface area contributed by atoms with Gasteiger partial charge in [-0.3, -0.25) is 19.3 Å². The molecule has 0 aliphatic heterocycles. The zero-order valence-electron chi connectivity index (χ0n) is 25.0. The number of primary amides is 1. The van der Waals surface area contributed by atoms with Crippen molar-refractivity contribution in [2.24, 2.45) is 18.7 Å². The summed E-state index contributed by atoms with van der Waals surface area (Å²) >= 11 is 1.18. The highest BCUT2D eigenvalue weighted by molar-refractivity contribution is 7.17. The van der Waals surface area contributed by atoms with Gasteiger partial charge in [-0.1, -0.05) is 32.0 Å². The number of aryl methyl sites for hydroxylation is 3. The third-order valence-corrected chi connectivity index (χ3v) is 8.37. The minimum Gasteiger partial charge on any atom is -0.366 e. The van der Waals surface area contributed by atoms with Crippen LogP contribution in [0.4, 0.5) is 13.2 Å². The molecule has 0 bridgehead atoms. The number of nitrogens with one attached hydrogen (secondary N) is 1. The molecule has 0 saturated heterocycles.